The minimum Gasteiger partial charge on any atom is -0.415 e. The highest BCUT2D eigenvalue weighted by Gasteiger charge is 2.22. The van der Waals surface area contributed by atoms with E-state index in [0.717, 1.165) is 29.4 Å². The van der Waals surface area contributed by atoms with Gasteiger partial charge in [-0.3, -0.25) is 8.98 Å². The van der Waals surface area contributed by atoms with Crippen molar-refractivity contribution >= 4 is 33.3 Å². The number of nitrogens with zero attached hydrogens (tertiary/aromatic N) is 3. The van der Waals surface area contributed by atoms with Crippen molar-refractivity contribution in [1.82, 2.24) is 10.2 Å². The van der Waals surface area contributed by atoms with Crippen LogP contribution >= 0.6 is 11.6 Å². The van der Waals surface area contributed by atoms with E-state index in [0.29, 0.717) is 0 Å². The fraction of sp³-hybridized carbons (Fsp3) is 0.211. The third kappa shape index (κ3) is 6.27. The lowest BCUT2D eigenvalue weighted by atomic mass is 10.1. The van der Waals surface area contributed by atoms with Crippen molar-refractivity contribution in [2.75, 3.05) is 17.8 Å². The Kier molecular flexibility index (Phi) is 7.34. The van der Waals surface area contributed by atoms with Crippen LogP contribution in [0.5, 0.6) is 0 Å². The molecule has 3 rings (SSSR count). The second-order valence-electron chi connectivity index (χ2n) is 6.60. The summed E-state index contributed by atoms with van der Waals surface area (Å²) in [6.07, 6.45) is -2.25. The lowest BCUT2D eigenvalue weighted by molar-refractivity contribution is -0.120. The first kappa shape index (κ1) is 24.6. The molecule has 14 heteroatoms. The number of halogens is 5. The lowest BCUT2D eigenvalue weighted by Crippen LogP contribution is -2.34. The molecule has 2 aromatic carbocycles. The highest BCUT2D eigenvalue weighted by molar-refractivity contribution is 7.86. The molecule has 0 aliphatic heterocycles. The van der Waals surface area contributed by atoms with Gasteiger partial charge in [0.15, 0.2) is 0 Å². The van der Waals surface area contributed by atoms with Gasteiger partial charge in [0.05, 0.1) is 17.8 Å². The highest BCUT2D eigenvalue weighted by Crippen LogP contribution is 2.28. The summed E-state index contributed by atoms with van der Waals surface area (Å²) < 4.78 is 85.3. The molecular weight excluding hydrogens is 494 g/mol. The lowest BCUT2D eigenvalue weighted by Gasteiger charge is -2.23. The number of hydrogen-bond donors (Lipinski definition) is 0. The van der Waals surface area contributed by atoms with Crippen LogP contribution in [0.4, 0.5) is 23.2 Å². The molecule has 0 atom stereocenters. The Bertz CT molecular complexity index is 1290. The number of carbonyl (C=O) groups excluding carboxylic acids is 1. The Morgan fingerprint density at radius 3 is 2.45 bits per heavy atom. The number of anilines is 1. The van der Waals surface area contributed by atoms with Crippen molar-refractivity contribution in [1.29, 1.82) is 0 Å². The predicted octanol–water partition coefficient (Wildman–Crippen LogP) is 4.12. The molecule has 0 aliphatic rings. The third-order valence-electron chi connectivity index (χ3n) is 4.17. The zero-order valence-corrected chi connectivity index (χ0v) is 18.2. The van der Waals surface area contributed by atoms with Gasteiger partial charge >= 0.3 is 6.43 Å². The molecule has 0 saturated heterocycles. The van der Waals surface area contributed by atoms with Crippen LogP contribution in [0, 0.1) is 11.6 Å². The molecule has 0 bridgehead atoms. The maximum absolute atomic E-state index is 14.8. The Labute approximate surface area is 189 Å². The maximum Gasteiger partial charge on any atom is 0.314 e. The molecule has 176 valence electrons. The summed E-state index contributed by atoms with van der Waals surface area (Å²) in [4.78, 5) is 13.6. The summed E-state index contributed by atoms with van der Waals surface area (Å²) in [6, 6.07) is 6.74. The first-order valence-corrected chi connectivity index (χ1v) is 11.1. The molecule has 1 aromatic heterocycles. The molecule has 0 unspecified atom stereocenters. The van der Waals surface area contributed by atoms with E-state index < -0.39 is 53.1 Å². The van der Waals surface area contributed by atoms with E-state index >= 15 is 0 Å². The summed E-state index contributed by atoms with van der Waals surface area (Å²) in [5.74, 6) is -3.77. The van der Waals surface area contributed by atoms with Gasteiger partial charge in [-0.05, 0) is 30.3 Å². The van der Waals surface area contributed by atoms with Crippen LogP contribution in [0.15, 0.2) is 40.8 Å². The number of rotatable bonds is 8. The molecule has 0 fully saturated rings. The van der Waals surface area contributed by atoms with Gasteiger partial charge in [0.2, 0.25) is 5.89 Å². The Morgan fingerprint density at radius 1 is 1.15 bits per heavy atom. The highest BCUT2D eigenvalue weighted by atomic mass is 35.5. The topological polar surface area (TPSA) is 103 Å². The van der Waals surface area contributed by atoms with Crippen molar-refractivity contribution in [2.45, 2.75) is 13.0 Å². The number of benzene rings is 2. The second kappa shape index (κ2) is 9.85. The number of amides is 1. The van der Waals surface area contributed by atoms with Gasteiger partial charge in [0, 0.05) is 16.8 Å². The SMILES string of the molecule is CS(=O)(=O)OCC(=O)N(Cc1ccc(-c2nnc(C(F)F)o2)cc1F)c1ccc(F)c(Cl)c1. The molecule has 33 heavy (non-hydrogen) atoms. The normalized spacial score (nSPS) is 11.7. The predicted molar refractivity (Wildman–Crippen MR) is 108 cm³/mol. The smallest absolute Gasteiger partial charge is 0.314 e. The average Bonchev–Trinajstić information content (AvgIpc) is 3.23. The monoisotopic (exact) mass is 507 g/mol. The molecule has 8 nitrogen and oxygen atoms in total. The van der Waals surface area contributed by atoms with Crippen molar-refractivity contribution < 1.29 is 39.4 Å². The number of hydrogen-bond acceptors (Lipinski definition) is 7. The van der Waals surface area contributed by atoms with Crippen molar-refractivity contribution in [3.8, 4) is 11.5 Å². The Morgan fingerprint density at radius 2 is 1.88 bits per heavy atom. The number of carbonyl (C=O) groups is 1. The van der Waals surface area contributed by atoms with E-state index in [2.05, 4.69) is 14.4 Å². The Balaban J connectivity index is 1.91. The third-order valence-corrected chi connectivity index (χ3v) is 5.00. The van der Waals surface area contributed by atoms with Gasteiger partial charge in [0.1, 0.15) is 18.2 Å². The average molecular weight is 508 g/mol. The first-order chi connectivity index (χ1) is 15.4. The van der Waals surface area contributed by atoms with E-state index in [-0.39, 0.29) is 27.7 Å². The first-order valence-electron chi connectivity index (χ1n) is 8.95. The summed E-state index contributed by atoms with van der Waals surface area (Å²) >= 11 is 5.77. The molecule has 3 aromatic rings. The second-order valence-corrected chi connectivity index (χ2v) is 8.65. The minimum absolute atomic E-state index is 0.0127. The molecule has 0 spiro atoms. The fourth-order valence-corrected chi connectivity index (χ4v) is 3.12. The zero-order valence-electron chi connectivity index (χ0n) is 16.6. The largest absolute Gasteiger partial charge is 0.415 e. The van der Waals surface area contributed by atoms with E-state index in [9.17, 15) is 30.8 Å². The van der Waals surface area contributed by atoms with Crippen molar-refractivity contribution in [3.05, 3.63) is 64.5 Å². The quantitative estimate of drug-likeness (QED) is 0.334. The molecular formula is C19H14ClF4N3O5S. The van der Waals surface area contributed by atoms with Crippen LogP contribution in [0.2, 0.25) is 5.02 Å². The molecule has 0 radical (unpaired) electrons. The molecule has 1 amide bonds. The zero-order chi connectivity index (χ0) is 24.3. The van der Waals surface area contributed by atoms with Crippen LogP contribution in [0.3, 0.4) is 0 Å². The van der Waals surface area contributed by atoms with Gasteiger partial charge in [-0.1, -0.05) is 17.7 Å². The molecule has 0 aliphatic carbocycles. The summed E-state index contributed by atoms with van der Waals surface area (Å²) in [6.45, 7) is -1.32. The molecule has 0 N–H and O–H groups in total. The van der Waals surface area contributed by atoms with Crippen LogP contribution in [-0.4, -0.2) is 37.4 Å². The maximum atomic E-state index is 14.8. The summed E-state index contributed by atoms with van der Waals surface area (Å²) in [5.41, 5.74) is 0.00437. The number of alkyl halides is 2. The summed E-state index contributed by atoms with van der Waals surface area (Å²) in [7, 11) is -3.96. The van der Waals surface area contributed by atoms with Gasteiger partial charge in [-0.25, -0.2) is 8.78 Å². The van der Waals surface area contributed by atoms with E-state index in [1.807, 2.05) is 0 Å². The van der Waals surface area contributed by atoms with Crippen LogP contribution in [-0.2, 0) is 25.6 Å². The van der Waals surface area contributed by atoms with Crippen LogP contribution in [0.1, 0.15) is 17.9 Å². The standard InChI is InChI=1S/C19H14ClF4N3O5S/c1-33(29,30)31-9-16(28)27(12-4-5-14(21)13(20)7-12)8-11-3-2-10(6-15(11)22)18-25-26-19(32-18)17(23)24/h2-7,17H,8-9H2,1H3. The van der Waals surface area contributed by atoms with Gasteiger partial charge < -0.3 is 9.32 Å². The van der Waals surface area contributed by atoms with Gasteiger partial charge in [-0.15, -0.1) is 10.2 Å². The van der Waals surface area contributed by atoms with Crippen molar-refractivity contribution in [2.24, 2.45) is 0 Å². The molecule has 1 heterocycles. The van der Waals surface area contributed by atoms with Crippen LogP contribution in [0.25, 0.3) is 11.5 Å². The van der Waals surface area contributed by atoms with Gasteiger partial charge in [0.25, 0.3) is 21.9 Å². The number of aromatic nitrogens is 2. The summed E-state index contributed by atoms with van der Waals surface area (Å²) in [5, 5.41) is 6.27. The van der Waals surface area contributed by atoms with E-state index in [4.69, 9.17) is 16.0 Å². The minimum atomic E-state index is -3.96. The Hall–Kier alpha value is -3.03. The fourth-order valence-electron chi connectivity index (χ4n) is 2.63. The van der Waals surface area contributed by atoms with Gasteiger partial charge in [-0.2, -0.15) is 17.2 Å². The van der Waals surface area contributed by atoms with Crippen molar-refractivity contribution in [3.63, 3.8) is 0 Å². The van der Waals surface area contributed by atoms with E-state index in [1.165, 1.54) is 18.2 Å². The van der Waals surface area contributed by atoms with Crippen LogP contribution < -0.4 is 4.90 Å². The van der Waals surface area contributed by atoms with E-state index in [1.54, 1.807) is 0 Å². The molecule has 0 saturated carbocycles.